The van der Waals surface area contributed by atoms with Crippen molar-refractivity contribution >= 4 is 27.3 Å². The molecule has 1 N–H and O–H groups in total. The Morgan fingerprint density at radius 3 is 2.42 bits per heavy atom. The molecule has 0 saturated carbocycles. The van der Waals surface area contributed by atoms with Crippen LogP contribution in [0.5, 0.6) is 0 Å². The Kier molecular flexibility index (Phi) is 5.23. The van der Waals surface area contributed by atoms with Crippen molar-refractivity contribution in [3.63, 3.8) is 0 Å². The normalized spacial score (nSPS) is 12.5. The molecule has 0 aliphatic rings. The van der Waals surface area contributed by atoms with Crippen LogP contribution in [0, 0.1) is 12.7 Å². The summed E-state index contributed by atoms with van der Waals surface area (Å²) < 4.78 is 38.6. The number of nitrogens with zero attached hydrogens (tertiary/aromatic N) is 1. The molecule has 2 aromatic rings. The number of amides is 1. The van der Waals surface area contributed by atoms with Gasteiger partial charge in [0.15, 0.2) is 0 Å². The van der Waals surface area contributed by atoms with Crippen LogP contribution in [0.2, 0.25) is 0 Å². The van der Waals surface area contributed by atoms with E-state index in [-0.39, 0.29) is 5.69 Å². The Hall–Kier alpha value is -2.41. The second kappa shape index (κ2) is 7.00. The minimum absolute atomic E-state index is 0.101. The van der Waals surface area contributed by atoms with Gasteiger partial charge in [-0.3, -0.25) is 9.10 Å². The molecule has 1 amide bonds. The summed E-state index contributed by atoms with van der Waals surface area (Å²) in [6.07, 6.45) is 0.981. The van der Waals surface area contributed by atoms with Crippen LogP contribution in [0.25, 0.3) is 0 Å². The first kappa shape index (κ1) is 17.9. The summed E-state index contributed by atoms with van der Waals surface area (Å²) in [4.78, 5) is 12.5. The number of benzene rings is 2. The van der Waals surface area contributed by atoms with Gasteiger partial charge >= 0.3 is 0 Å². The van der Waals surface area contributed by atoms with Crippen molar-refractivity contribution in [2.75, 3.05) is 15.9 Å². The van der Waals surface area contributed by atoms with E-state index in [4.69, 9.17) is 0 Å². The van der Waals surface area contributed by atoms with Gasteiger partial charge in [-0.15, -0.1) is 0 Å². The minimum atomic E-state index is -3.77. The van der Waals surface area contributed by atoms with Crippen LogP contribution in [0.4, 0.5) is 15.8 Å². The minimum Gasteiger partial charge on any atom is -0.324 e. The lowest BCUT2D eigenvalue weighted by Crippen LogP contribution is -2.45. The number of hydrogen-bond donors (Lipinski definition) is 1. The summed E-state index contributed by atoms with van der Waals surface area (Å²) in [5, 5.41) is 2.68. The molecule has 0 spiro atoms. The van der Waals surface area contributed by atoms with E-state index in [1.54, 1.807) is 18.2 Å². The third-order valence-corrected chi connectivity index (χ3v) is 4.68. The zero-order chi connectivity index (χ0) is 17.9. The van der Waals surface area contributed by atoms with E-state index in [1.165, 1.54) is 25.1 Å². The molecule has 7 heteroatoms. The maximum absolute atomic E-state index is 13.4. The molecule has 0 saturated heterocycles. The van der Waals surface area contributed by atoms with E-state index in [1.807, 2.05) is 13.0 Å². The molecule has 5 nitrogen and oxygen atoms in total. The molecule has 1 unspecified atom stereocenters. The van der Waals surface area contributed by atoms with Crippen LogP contribution in [-0.4, -0.2) is 26.6 Å². The van der Waals surface area contributed by atoms with Gasteiger partial charge in [0.25, 0.3) is 0 Å². The quantitative estimate of drug-likeness (QED) is 0.902. The van der Waals surface area contributed by atoms with Gasteiger partial charge in [0.2, 0.25) is 15.9 Å². The summed E-state index contributed by atoms with van der Waals surface area (Å²) in [7, 11) is -3.77. The van der Waals surface area contributed by atoms with Crippen molar-refractivity contribution in [1.82, 2.24) is 0 Å². The number of nitrogens with one attached hydrogen (secondary N) is 1. The second-order valence-corrected chi connectivity index (χ2v) is 7.43. The van der Waals surface area contributed by atoms with Gasteiger partial charge in [-0.2, -0.15) is 0 Å². The van der Waals surface area contributed by atoms with Crippen LogP contribution in [0.3, 0.4) is 0 Å². The zero-order valence-corrected chi connectivity index (χ0v) is 14.5. The zero-order valence-electron chi connectivity index (χ0n) is 13.7. The van der Waals surface area contributed by atoms with Crippen LogP contribution < -0.4 is 9.62 Å². The first-order valence-corrected chi connectivity index (χ1v) is 9.16. The summed E-state index contributed by atoms with van der Waals surface area (Å²) in [6, 6.07) is 11.3. The van der Waals surface area contributed by atoms with Gasteiger partial charge < -0.3 is 5.32 Å². The first-order valence-electron chi connectivity index (χ1n) is 7.31. The van der Waals surface area contributed by atoms with Crippen LogP contribution in [-0.2, 0) is 14.8 Å². The van der Waals surface area contributed by atoms with E-state index in [0.717, 1.165) is 22.2 Å². The van der Waals surface area contributed by atoms with Crippen molar-refractivity contribution < 1.29 is 17.6 Å². The van der Waals surface area contributed by atoms with E-state index in [0.29, 0.717) is 5.69 Å². The molecule has 0 fully saturated rings. The highest BCUT2D eigenvalue weighted by Gasteiger charge is 2.29. The van der Waals surface area contributed by atoms with Crippen LogP contribution in [0.15, 0.2) is 48.5 Å². The molecule has 0 aliphatic heterocycles. The molecular weight excluding hydrogens is 331 g/mol. The van der Waals surface area contributed by atoms with Gasteiger partial charge in [-0.05, 0) is 49.7 Å². The number of aryl methyl sites for hydroxylation is 1. The molecule has 1 atom stereocenters. The van der Waals surface area contributed by atoms with Gasteiger partial charge in [-0.25, -0.2) is 12.8 Å². The maximum Gasteiger partial charge on any atom is 0.247 e. The summed E-state index contributed by atoms with van der Waals surface area (Å²) >= 11 is 0. The summed E-state index contributed by atoms with van der Waals surface area (Å²) in [5.41, 5.74) is 1.63. The number of rotatable bonds is 5. The number of hydrogen-bond acceptors (Lipinski definition) is 3. The highest BCUT2D eigenvalue weighted by molar-refractivity contribution is 7.92. The number of carbonyl (C=O) groups excluding carboxylic acids is 1. The lowest BCUT2D eigenvalue weighted by Gasteiger charge is -2.28. The average Bonchev–Trinajstić information content (AvgIpc) is 2.46. The molecule has 0 aliphatic carbocycles. The monoisotopic (exact) mass is 350 g/mol. The van der Waals surface area contributed by atoms with E-state index < -0.39 is 27.8 Å². The lowest BCUT2D eigenvalue weighted by atomic mass is 10.2. The lowest BCUT2D eigenvalue weighted by molar-refractivity contribution is -0.116. The number of sulfonamides is 1. The average molecular weight is 350 g/mol. The van der Waals surface area contributed by atoms with E-state index in [2.05, 4.69) is 5.32 Å². The number of carbonyl (C=O) groups is 1. The maximum atomic E-state index is 13.4. The van der Waals surface area contributed by atoms with E-state index in [9.17, 15) is 17.6 Å². The fourth-order valence-corrected chi connectivity index (χ4v) is 3.56. The standard InChI is InChI=1S/C17H19FN2O3S/c1-12-6-4-8-15(10-12)19-17(21)13(2)20(24(3,22)23)16-9-5-7-14(18)11-16/h4-11,13H,1-3H3,(H,19,21). The van der Waals surface area contributed by atoms with Gasteiger partial charge in [0, 0.05) is 5.69 Å². The molecule has 0 bridgehead atoms. The van der Waals surface area contributed by atoms with Crippen LogP contribution >= 0.6 is 0 Å². The highest BCUT2D eigenvalue weighted by Crippen LogP contribution is 2.22. The van der Waals surface area contributed by atoms with Gasteiger partial charge in [-0.1, -0.05) is 18.2 Å². The molecule has 2 aromatic carbocycles. The molecule has 0 radical (unpaired) electrons. The Labute approximate surface area is 141 Å². The van der Waals surface area contributed by atoms with Crippen molar-refractivity contribution in [2.45, 2.75) is 19.9 Å². The predicted octanol–water partition coefficient (Wildman–Crippen LogP) is 2.93. The van der Waals surface area contributed by atoms with Crippen molar-refractivity contribution in [2.24, 2.45) is 0 Å². The van der Waals surface area contributed by atoms with Crippen molar-refractivity contribution in [3.05, 3.63) is 59.9 Å². The smallest absolute Gasteiger partial charge is 0.247 e. The molecular formula is C17H19FN2O3S. The number of anilines is 2. The summed E-state index contributed by atoms with van der Waals surface area (Å²) in [6.45, 7) is 3.34. The third kappa shape index (κ3) is 4.32. The Morgan fingerprint density at radius 1 is 1.17 bits per heavy atom. The first-order chi connectivity index (χ1) is 11.2. The predicted molar refractivity (Wildman–Crippen MR) is 93.0 cm³/mol. The van der Waals surface area contributed by atoms with Crippen LogP contribution in [0.1, 0.15) is 12.5 Å². The molecule has 2 rings (SSSR count). The second-order valence-electron chi connectivity index (χ2n) is 5.57. The van der Waals surface area contributed by atoms with Crippen molar-refractivity contribution in [1.29, 1.82) is 0 Å². The van der Waals surface area contributed by atoms with E-state index >= 15 is 0 Å². The Balaban J connectivity index is 2.31. The fraction of sp³-hybridized carbons (Fsp3) is 0.235. The third-order valence-electron chi connectivity index (χ3n) is 3.44. The topological polar surface area (TPSA) is 66.5 Å². The molecule has 128 valence electrons. The molecule has 0 aromatic heterocycles. The number of halogens is 1. The van der Waals surface area contributed by atoms with Crippen molar-refractivity contribution in [3.8, 4) is 0 Å². The Bertz CT molecular complexity index is 852. The fourth-order valence-electron chi connectivity index (χ4n) is 2.39. The Morgan fingerprint density at radius 2 is 1.83 bits per heavy atom. The highest BCUT2D eigenvalue weighted by atomic mass is 32.2. The molecule has 24 heavy (non-hydrogen) atoms. The summed E-state index contributed by atoms with van der Waals surface area (Å²) in [5.74, 6) is -1.08. The molecule has 0 heterocycles. The SMILES string of the molecule is Cc1cccc(NC(=O)C(C)N(c2cccc(F)c2)S(C)(=O)=O)c1. The van der Waals surface area contributed by atoms with Gasteiger partial charge in [0.05, 0.1) is 11.9 Å². The largest absolute Gasteiger partial charge is 0.324 e. The van der Waals surface area contributed by atoms with Gasteiger partial charge in [0.1, 0.15) is 11.9 Å².